The zero-order chi connectivity index (χ0) is 18.3. The highest BCUT2D eigenvalue weighted by atomic mass is 16.4. The highest BCUT2D eigenvalue weighted by Crippen LogP contribution is 2.36. The van der Waals surface area contributed by atoms with Crippen molar-refractivity contribution in [2.24, 2.45) is 5.16 Å². The number of hydrogen-bond acceptors (Lipinski definition) is 5. The molecule has 2 aliphatic heterocycles. The number of anilines is 2. The maximum absolute atomic E-state index is 13.0. The molecule has 0 bridgehead atoms. The predicted octanol–water partition coefficient (Wildman–Crippen LogP) is 3.32. The van der Waals surface area contributed by atoms with Gasteiger partial charge in [0.2, 0.25) is 0 Å². The van der Waals surface area contributed by atoms with Crippen LogP contribution in [0.1, 0.15) is 39.9 Å². The zero-order valence-corrected chi connectivity index (χ0v) is 15.2. The van der Waals surface area contributed by atoms with Crippen LogP contribution in [0.5, 0.6) is 0 Å². The minimum absolute atomic E-state index is 0.00865. The van der Waals surface area contributed by atoms with Crippen molar-refractivity contribution < 1.29 is 10.0 Å². The first-order chi connectivity index (χ1) is 12.6. The normalized spacial score (nSPS) is 17.2. The molecule has 0 radical (unpaired) electrons. The van der Waals surface area contributed by atoms with Crippen LogP contribution in [0.2, 0.25) is 0 Å². The monoisotopic (exact) mass is 349 g/mol. The molecule has 0 amide bonds. The van der Waals surface area contributed by atoms with E-state index in [2.05, 4.69) is 10.1 Å². The summed E-state index contributed by atoms with van der Waals surface area (Å²) < 4.78 is 0. The summed E-state index contributed by atoms with van der Waals surface area (Å²) in [4.78, 5) is 17.4. The van der Waals surface area contributed by atoms with Gasteiger partial charge in [-0.25, -0.2) is 0 Å². The van der Waals surface area contributed by atoms with Gasteiger partial charge in [-0.05, 0) is 54.8 Å². The molecule has 1 N–H and O–H groups in total. The molecule has 134 valence electrons. The van der Waals surface area contributed by atoms with Gasteiger partial charge in [-0.1, -0.05) is 5.16 Å². The van der Waals surface area contributed by atoms with Gasteiger partial charge >= 0.3 is 0 Å². The quantitative estimate of drug-likeness (QED) is 0.525. The fraction of sp³-hybridized carbons (Fsp3) is 0.333. The van der Waals surface area contributed by atoms with Crippen molar-refractivity contribution in [3.63, 3.8) is 0 Å². The second-order valence-electron chi connectivity index (χ2n) is 7.19. The van der Waals surface area contributed by atoms with Crippen LogP contribution in [0.25, 0.3) is 0 Å². The second-order valence-corrected chi connectivity index (χ2v) is 7.19. The molecule has 0 fully saturated rings. The largest absolute Gasteiger partial charge is 0.411 e. The molecular formula is C21H23N3O2. The third-order valence-corrected chi connectivity index (χ3v) is 5.34. The lowest BCUT2D eigenvalue weighted by Crippen LogP contribution is -2.37. The number of carbonyl (C=O) groups excluding carboxylic acids is 1. The Balaban J connectivity index is 1.77. The first-order valence-corrected chi connectivity index (χ1v) is 9.04. The van der Waals surface area contributed by atoms with E-state index in [4.69, 9.17) is 0 Å². The van der Waals surface area contributed by atoms with Gasteiger partial charge in [-0.2, -0.15) is 0 Å². The summed E-state index contributed by atoms with van der Waals surface area (Å²) in [5.41, 5.74) is 6.32. The molecule has 0 saturated heterocycles. The zero-order valence-electron chi connectivity index (χ0n) is 15.2. The van der Waals surface area contributed by atoms with Crippen molar-refractivity contribution in [1.82, 2.24) is 0 Å². The molecule has 0 spiro atoms. The smallest absolute Gasteiger partial charge is 0.193 e. The number of carbonyl (C=O) groups is 1. The molecular weight excluding hydrogens is 326 g/mol. The van der Waals surface area contributed by atoms with E-state index in [0.717, 1.165) is 42.9 Å². The van der Waals surface area contributed by atoms with Gasteiger partial charge in [0.15, 0.2) is 5.78 Å². The van der Waals surface area contributed by atoms with E-state index in [1.807, 2.05) is 55.4 Å². The average molecular weight is 349 g/mol. The van der Waals surface area contributed by atoms with E-state index in [1.165, 1.54) is 5.56 Å². The molecule has 26 heavy (non-hydrogen) atoms. The molecule has 2 aromatic carbocycles. The molecule has 5 heteroatoms. The summed E-state index contributed by atoms with van der Waals surface area (Å²) in [5, 5.41) is 12.9. The van der Waals surface area contributed by atoms with Crippen molar-refractivity contribution in [3.8, 4) is 0 Å². The molecule has 2 aliphatic rings. The van der Waals surface area contributed by atoms with Crippen LogP contribution in [-0.2, 0) is 6.42 Å². The Morgan fingerprint density at radius 1 is 1.08 bits per heavy atom. The molecule has 2 aromatic rings. The third kappa shape index (κ3) is 2.73. The first kappa shape index (κ1) is 16.6. The van der Waals surface area contributed by atoms with Crippen molar-refractivity contribution >= 4 is 22.9 Å². The lowest BCUT2D eigenvalue weighted by molar-refractivity contribution is 0.103. The van der Waals surface area contributed by atoms with E-state index in [1.54, 1.807) is 0 Å². The number of ketones is 1. The van der Waals surface area contributed by atoms with Crippen LogP contribution in [0, 0.1) is 0 Å². The van der Waals surface area contributed by atoms with Crippen molar-refractivity contribution in [2.45, 2.75) is 19.3 Å². The second kappa shape index (κ2) is 6.48. The molecule has 0 unspecified atom stereocenters. The highest BCUT2D eigenvalue weighted by Gasteiger charge is 2.29. The molecule has 0 saturated carbocycles. The predicted molar refractivity (Wildman–Crippen MR) is 104 cm³/mol. The summed E-state index contributed by atoms with van der Waals surface area (Å²) in [6.07, 6.45) is 2.75. The van der Waals surface area contributed by atoms with Gasteiger partial charge in [-0.3, -0.25) is 4.79 Å². The summed E-state index contributed by atoms with van der Waals surface area (Å²) in [6, 6.07) is 11.6. The van der Waals surface area contributed by atoms with Crippen molar-refractivity contribution in [1.29, 1.82) is 0 Å². The summed E-state index contributed by atoms with van der Waals surface area (Å²) >= 11 is 0. The Morgan fingerprint density at radius 3 is 2.54 bits per heavy atom. The Bertz CT molecular complexity index is 885. The van der Waals surface area contributed by atoms with Gasteiger partial charge in [0.05, 0.1) is 5.71 Å². The van der Waals surface area contributed by atoms with Crippen LogP contribution in [-0.4, -0.2) is 43.9 Å². The Kier molecular flexibility index (Phi) is 4.15. The average Bonchev–Trinajstić information content (AvgIpc) is 2.68. The fourth-order valence-electron chi connectivity index (χ4n) is 3.96. The molecule has 0 atom stereocenters. The number of hydrogen-bond donors (Lipinski definition) is 1. The van der Waals surface area contributed by atoms with Crippen LogP contribution in [0.4, 0.5) is 11.4 Å². The van der Waals surface area contributed by atoms with Crippen LogP contribution < -0.4 is 9.80 Å². The van der Waals surface area contributed by atoms with Crippen LogP contribution >= 0.6 is 0 Å². The SMILES string of the molecule is CN(C)c1ccc(C(=O)c2cc3c4c(c2)/C(=N\O)CCN4CCC3)cc1. The Morgan fingerprint density at radius 2 is 1.85 bits per heavy atom. The van der Waals surface area contributed by atoms with Gasteiger partial charge < -0.3 is 15.0 Å². The standard InChI is InChI=1S/C21H23N3O2/c1-23(2)17-7-5-14(6-8-17)21(25)16-12-15-4-3-10-24-11-9-19(22-26)18(13-16)20(15)24/h5-8,12-13,26H,3-4,9-11H2,1-2H3/b22-19-. The Hall–Kier alpha value is -2.82. The van der Waals surface area contributed by atoms with Crippen LogP contribution in [0.15, 0.2) is 41.6 Å². The van der Waals surface area contributed by atoms with E-state index < -0.39 is 0 Å². The van der Waals surface area contributed by atoms with Gasteiger partial charge in [0, 0.05) is 61.7 Å². The molecule has 4 rings (SSSR count). The maximum atomic E-state index is 13.0. The maximum Gasteiger partial charge on any atom is 0.193 e. The lowest BCUT2D eigenvalue weighted by Gasteiger charge is -2.37. The third-order valence-electron chi connectivity index (χ3n) is 5.34. The minimum Gasteiger partial charge on any atom is -0.411 e. The Labute approximate surface area is 153 Å². The lowest BCUT2D eigenvalue weighted by atomic mass is 9.87. The molecule has 5 nitrogen and oxygen atoms in total. The van der Waals surface area contributed by atoms with E-state index in [9.17, 15) is 10.0 Å². The minimum atomic E-state index is 0.00865. The summed E-state index contributed by atoms with van der Waals surface area (Å²) in [6.45, 7) is 1.90. The highest BCUT2D eigenvalue weighted by molar-refractivity contribution is 6.13. The molecule has 0 aliphatic carbocycles. The van der Waals surface area contributed by atoms with E-state index in [0.29, 0.717) is 23.3 Å². The van der Waals surface area contributed by atoms with Crippen LogP contribution in [0.3, 0.4) is 0 Å². The summed E-state index contributed by atoms with van der Waals surface area (Å²) in [7, 11) is 3.96. The van der Waals surface area contributed by atoms with Gasteiger partial charge in [-0.15, -0.1) is 0 Å². The molecule has 2 heterocycles. The fourth-order valence-corrected chi connectivity index (χ4v) is 3.96. The van der Waals surface area contributed by atoms with Gasteiger partial charge in [0.25, 0.3) is 0 Å². The number of benzene rings is 2. The van der Waals surface area contributed by atoms with E-state index >= 15 is 0 Å². The number of aryl methyl sites for hydroxylation is 1. The van der Waals surface area contributed by atoms with Gasteiger partial charge in [0.1, 0.15) is 0 Å². The number of oxime groups is 1. The topological polar surface area (TPSA) is 56.1 Å². The van der Waals surface area contributed by atoms with Crippen molar-refractivity contribution in [3.05, 3.63) is 58.7 Å². The number of nitrogens with zero attached hydrogens (tertiary/aromatic N) is 3. The van der Waals surface area contributed by atoms with Crippen molar-refractivity contribution in [2.75, 3.05) is 37.0 Å². The number of rotatable bonds is 3. The first-order valence-electron chi connectivity index (χ1n) is 9.04. The summed E-state index contributed by atoms with van der Waals surface area (Å²) in [5.74, 6) is 0.00865. The molecule has 0 aromatic heterocycles. The van der Waals surface area contributed by atoms with E-state index in [-0.39, 0.29) is 5.78 Å².